The fraction of sp³-hybridized carbons (Fsp3) is 0.0690. The maximum atomic E-state index is 13.3. The molecule has 0 unspecified atom stereocenters. The van der Waals surface area contributed by atoms with Gasteiger partial charge in [-0.2, -0.15) is 5.26 Å². The lowest BCUT2D eigenvalue weighted by atomic mass is 9.98. The Hall–Kier alpha value is -4.34. The number of nitrogens with zero attached hydrogens (tertiary/aromatic N) is 3. The summed E-state index contributed by atoms with van der Waals surface area (Å²) in [6.07, 6.45) is 0. The number of benzene rings is 3. The Kier molecular flexibility index (Phi) is 6.09. The van der Waals surface area contributed by atoms with Crippen molar-refractivity contribution in [1.29, 1.82) is 5.26 Å². The molecular formula is C29H22N4OS. The van der Waals surface area contributed by atoms with E-state index >= 15 is 0 Å². The maximum absolute atomic E-state index is 13.3. The lowest BCUT2D eigenvalue weighted by Gasteiger charge is -2.12. The highest BCUT2D eigenvalue weighted by Crippen LogP contribution is 2.37. The van der Waals surface area contributed by atoms with E-state index in [1.807, 2.05) is 105 Å². The van der Waals surface area contributed by atoms with Crippen molar-refractivity contribution in [3.63, 3.8) is 0 Å². The van der Waals surface area contributed by atoms with Gasteiger partial charge in [-0.05, 0) is 37.6 Å². The van der Waals surface area contributed by atoms with Gasteiger partial charge in [0, 0.05) is 16.8 Å². The summed E-state index contributed by atoms with van der Waals surface area (Å²) in [6, 6.07) is 31.7. The molecule has 0 amide bonds. The molecule has 5 rings (SSSR count). The molecule has 0 aliphatic rings. The Labute approximate surface area is 207 Å². The van der Waals surface area contributed by atoms with Gasteiger partial charge in [-0.3, -0.25) is 9.89 Å². The van der Waals surface area contributed by atoms with Gasteiger partial charge >= 0.3 is 0 Å². The Morgan fingerprint density at radius 2 is 1.54 bits per heavy atom. The van der Waals surface area contributed by atoms with Gasteiger partial charge in [0.25, 0.3) is 5.56 Å². The van der Waals surface area contributed by atoms with Gasteiger partial charge in [0.05, 0.1) is 16.9 Å². The van der Waals surface area contributed by atoms with Crippen molar-refractivity contribution in [2.45, 2.75) is 23.8 Å². The molecule has 6 heteroatoms. The summed E-state index contributed by atoms with van der Waals surface area (Å²) in [6.45, 7) is 3.89. The van der Waals surface area contributed by atoms with Crippen LogP contribution in [0.25, 0.3) is 28.1 Å². The fourth-order valence-corrected chi connectivity index (χ4v) is 4.90. The third-order valence-electron chi connectivity index (χ3n) is 5.76. The predicted molar refractivity (Wildman–Crippen MR) is 140 cm³/mol. The van der Waals surface area contributed by atoms with Gasteiger partial charge in [-0.15, -0.1) is 0 Å². The van der Waals surface area contributed by atoms with Gasteiger partial charge in [-0.1, -0.05) is 90.1 Å². The van der Waals surface area contributed by atoms with Crippen LogP contribution in [0.15, 0.2) is 106 Å². The van der Waals surface area contributed by atoms with Crippen LogP contribution in [0, 0.1) is 25.2 Å². The van der Waals surface area contributed by atoms with Crippen LogP contribution in [0.5, 0.6) is 0 Å². The standard InChI is InChI=1S/C29H22N4OS/c1-19-13-15-21(16-14-19)24-17-26(22-9-5-3-6-10-22)31-28(25(24)18-30)35-27-20(2)32-33(29(27)34)23-11-7-4-8-12-23/h3-17,32H,1-2H3. The zero-order valence-electron chi connectivity index (χ0n) is 19.3. The van der Waals surface area contributed by atoms with E-state index in [1.54, 1.807) is 0 Å². The van der Waals surface area contributed by atoms with Gasteiger partial charge in [0.15, 0.2) is 0 Å². The summed E-state index contributed by atoms with van der Waals surface area (Å²) in [4.78, 5) is 18.7. The minimum atomic E-state index is -0.175. The Morgan fingerprint density at radius 1 is 0.886 bits per heavy atom. The summed E-state index contributed by atoms with van der Waals surface area (Å²) < 4.78 is 1.52. The molecule has 35 heavy (non-hydrogen) atoms. The molecular weight excluding hydrogens is 452 g/mol. The first-order valence-electron chi connectivity index (χ1n) is 11.2. The molecule has 0 spiro atoms. The molecule has 3 aromatic carbocycles. The third kappa shape index (κ3) is 4.42. The van der Waals surface area contributed by atoms with Gasteiger partial charge in [0.1, 0.15) is 16.0 Å². The molecule has 5 aromatic rings. The van der Waals surface area contributed by atoms with E-state index in [4.69, 9.17) is 4.98 Å². The number of H-pyrrole nitrogens is 1. The summed E-state index contributed by atoms with van der Waals surface area (Å²) >= 11 is 1.23. The Bertz CT molecular complexity index is 1600. The number of hydrogen-bond acceptors (Lipinski definition) is 4. The molecule has 0 aliphatic carbocycles. The third-order valence-corrected chi connectivity index (χ3v) is 6.93. The molecule has 0 fully saturated rings. The van der Waals surface area contributed by atoms with E-state index in [0.29, 0.717) is 15.5 Å². The van der Waals surface area contributed by atoms with Gasteiger partial charge < -0.3 is 0 Å². The van der Waals surface area contributed by atoms with Crippen molar-refractivity contribution >= 4 is 11.8 Å². The van der Waals surface area contributed by atoms with Crippen LogP contribution in [0.1, 0.15) is 16.8 Å². The summed E-state index contributed by atoms with van der Waals surface area (Å²) in [5, 5.41) is 13.8. The highest BCUT2D eigenvalue weighted by Gasteiger charge is 2.20. The normalized spacial score (nSPS) is 10.8. The number of para-hydroxylation sites is 1. The SMILES string of the molecule is Cc1ccc(-c2cc(-c3ccccc3)nc(Sc3c(C)[nH]n(-c4ccccc4)c3=O)c2C#N)cc1. The van der Waals surface area contributed by atoms with E-state index < -0.39 is 0 Å². The van der Waals surface area contributed by atoms with Crippen molar-refractivity contribution in [1.82, 2.24) is 14.8 Å². The molecule has 0 bridgehead atoms. The minimum absolute atomic E-state index is 0.175. The molecule has 1 N–H and O–H groups in total. The van der Waals surface area contributed by atoms with E-state index in [1.165, 1.54) is 16.4 Å². The number of nitriles is 1. The Balaban J connectivity index is 1.69. The van der Waals surface area contributed by atoms with Crippen LogP contribution in [0.3, 0.4) is 0 Å². The number of aryl methyl sites for hydroxylation is 2. The lowest BCUT2D eigenvalue weighted by Crippen LogP contribution is -2.15. The summed E-state index contributed by atoms with van der Waals surface area (Å²) in [7, 11) is 0. The molecule has 0 radical (unpaired) electrons. The number of hydrogen-bond donors (Lipinski definition) is 1. The highest BCUT2D eigenvalue weighted by atomic mass is 32.2. The molecule has 0 saturated heterocycles. The molecule has 5 nitrogen and oxygen atoms in total. The molecule has 170 valence electrons. The quantitative estimate of drug-likeness (QED) is 0.314. The average molecular weight is 475 g/mol. The first kappa shape index (κ1) is 22.5. The number of aromatic amines is 1. The number of pyridine rings is 1. The molecule has 0 atom stereocenters. The monoisotopic (exact) mass is 474 g/mol. The smallest absolute Gasteiger partial charge is 0.285 e. The molecule has 2 heterocycles. The second-order valence-corrected chi connectivity index (χ2v) is 9.22. The van der Waals surface area contributed by atoms with Crippen molar-refractivity contribution in [2.75, 3.05) is 0 Å². The first-order valence-corrected chi connectivity index (χ1v) is 12.0. The first-order chi connectivity index (χ1) is 17.0. The topological polar surface area (TPSA) is 74.5 Å². The molecule has 2 aromatic heterocycles. The van der Waals surface area contributed by atoms with Crippen LogP contribution < -0.4 is 5.56 Å². The minimum Gasteiger partial charge on any atom is -0.294 e. The molecule has 0 aliphatic heterocycles. The van der Waals surface area contributed by atoms with E-state index in [2.05, 4.69) is 11.2 Å². The van der Waals surface area contributed by atoms with Crippen molar-refractivity contribution < 1.29 is 0 Å². The van der Waals surface area contributed by atoms with Crippen molar-refractivity contribution in [2.24, 2.45) is 0 Å². The summed E-state index contributed by atoms with van der Waals surface area (Å²) in [5.74, 6) is 0. The average Bonchev–Trinajstić information content (AvgIpc) is 3.18. The molecule has 0 saturated carbocycles. The van der Waals surface area contributed by atoms with Crippen LogP contribution in [-0.2, 0) is 0 Å². The van der Waals surface area contributed by atoms with E-state index in [9.17, 15) is 10.1 Å². The number of aromatic nitrogens is 3. The van der Waals surface area contributed by atoms with Crippen LogP contribution in [0.4, 0.5) is 0 Å². The largest absolute Gasteiger partial charge is 0.294 e. The van der Waals surface area contributed by atoms with Crippen molar-refractivity contribution in [3.05, 3.63) is 118 Å². The zero-order chi connectivity index (χ0) is 24.4. The lowest BCUT2D eigenvalue weighted by molar-refractivity contribution is 0.834. The van der Waals surface area contributed by atoms with Crippen LogP contribution in [-0.4, -0.2) is 14.8 Å². The van der Waals surface area contributed by atoms with Crippen molar-refractivity contribution in [3.8, 4) is 34.1 Å². The zero-order valence-corrected chi connectivity index (χ0v) is 20.1. The van der Waals surface area contributed by atoms with Crippen LogP contribution in [0.2, 0.25) is 0 Å². The van der Waals surface area contributed by atoms with Gasteiger partial charge in [0.2, 0.25) is 0 Å². The fourth-order valence-electron chi connectivity index (χ4n) is 3.93. The maximum Gasteiger partial charge on any atom is 0.285 e. The van der Waals surface area contributed by atoms with E-state index in [0.717, 1.165) is 39.3 Å². The number of nitrogens with one attached hydrogen (secondary N) is 1. The van der Waals surface area contributed by atoms with Gasteiger partial charge in [-0.25, -0.2) is 9.67 Å². The van der Waals surface area contributed by atoms with E-state index in [-0.39, 0.29) is 5.56 Å². The number of rotatable bonds is 5. The Morgan fingerprint density at radius 3 is 2.20 bits per heavy atom. The predicted octanol–water partition coefficient (Wildman–Crippen LogP) is 6.53. The van der Waals surface area contributed by atoms with Crippen LogP contribution >= 0.6 is 11.8 Å². The highest BCUT2D eigenvalue weighted by molar-refractivity contribution is 7.99. The second-order valence-electron chi connectivity index (χ2n) is 8.22. The summed E-state index contributed by atoms with van der Waals surface area (Å²) in [5.41, 5.74) is 6.30. The second kappa shape index (κ2) is 9.49.